The van der Waals surface area contributed by atoms with Crippen molar-refractivity contribution in [1.29, 1.82) is 0 Å². The molecule has 0 aliphatic heterocycles. The molecule has 26 heavy (non-hydrogen) atoms. The summed E-state index contributed by atoms with van der Waals surface area (Å²) in [5.74, 6) is -0.499. The number of carbonyl (C=O) groups is 1. The third kappa shape index (κ3) is 3.19. The summed E-state index contributed by atoms with van der Waals surface area (Å²) in [6.45, 7) is 0.328. The first-order valence-electron chi connectivity index (χ1n) is 8.27. The lowest BCUT2D eigenvalue weighted by Gasteiger charge is -2.10. The number of hydrogen-bond donors (Lipinski definition) is 1. The highest BCUT2D eigenvalue weighted by Crippen LogP contribution is 2.18. The summed E-state index contributed by atoms with van der Waals surface area (Å²) in [4.78, 5) is 12.7. The van der Waals surface area contributed by atoms with E-state index in [0.717, 1.165) is 16.5 Å². The molecule has 0 bridgehead atoms. The van der Waals surface area contributed by atoms with E-state index in [-0.39, 0.29) is 11.7 Å². The third-order valence-electron chi connectivity index (χ3n) is 4.18. The minimum atomic E-state index is -0.295. The van der Waals surface area contributed by atoms with Crippen LogP contribution in [0.4, 0.5) is 4.39 Å². The number of hydrogen-bond acceptors (Lipinski definition) is 2. The lowest BCUT2D eigenvalue weighted by Crippen LogP contribution is -2.24. The molecule has 0 aliphatic carbocycles. The molecule has 4 rings (SSSR count). The van der Waals surface area contributed by atoms with Crippen LogP contribution in [0.1, 0.15) is 15.9 Å². The predicted molar refractivity (Wildman–Crippen MR) is 98.6 cm³/mol. The quantitative estimate of drug-likeness (QED) is 0.605. The first-order valence-corrected chi connectivity index (χ1v) is 8.27. The summed E-state index contributed by atoms with van der Waals surface area (Å²) in [6, 6.07) is 21.2. The Balaban J connectivity index is 1.60. The van der Waals surface area contributed by atoms with Gasteiger partial charge >= 0.3 is 0 Å². The van der Waals surface area contributed by atoms with Crippen molar-refractivity contribution in [3.05, 3.63) is 95.9 Å². The fourth-order valence-electron chi connectivity index (χ4n) is 2.83. The SMILES string of the molecule is O=C(NCc1ccc(F)cc1)c1ccccc1-n1cc2ccccc2n1. The van der Waals surface area contributed by atoms with Crippen LogP contribution >= 0.6 is 0 Å². The molecule has 1 aromatic heterocycles. The van der Waals surface area contributed by atoms with Crippen LogP contribution < -0.4 is 5.32 Å². The zero-order valence-corrected chi connectivity index (χ0v) is 13.9. The zero-order chi connectivity index (χ0) is 17.9. The summed E-state index contributed by atoms with van der Waals surface area (Å²) in [5.41, 5.74) is 2.94. The molecular formula is C21H16FN3O. The molecule has 5 heteroatoms. The molecular weight excluding hydrogens is 329 g/mol. The second-order valence-electron chi connectivity index (χ2n) is 5.96. The van der Waals surface area contributed by atoms with E-state index in [1.165, 1.54) is 12.1 Å². The number of rotatable bonds is 4. The molecule has 3 aromatic carbocycles. The Bertz CT molecular complexity index is 1040. The summed E-state index contributed by atoms with van der Waals surface area (Å²) < 4.78 is 14.7. The van der Waals surface area contributed by atoms with Crippen LogP contribution in [0.3, 0.4) is 0 Å². The van der Waals surface area contributed by atoms with Gasteiger partial charge in [-0.2, -0.15) is 5.10 Å². The molecule has 0 spiro atoms. The molecule has 1 N–H and O–H groups in total. The highest BCUT2D eigenvalue weighted by atomic mass is 19.1. The van der Waals surface area contributed by atoms with E-state index < -0.39 is 0 Å². The number of aromatic nitrogens is 2. The van der Waals surface area contributed by atoms with Gasteiger partial charge in [-0.1, -0.05) is 42.5 Å². The van der Waals surface area contributed by atoms with E-state index in [1.807, 2.05) is 48.7 Å². The molecule has 1 amide bonds. The van der Waals surface area contributed by atoms with Crippen LogP contribution in [0.5, 0.6) is 0 Å². The number of amides is 1. The fraction of sp³-hybridized carbons (Fsp3) is 0.0476. The van der Waals surface area contributed by atoms with Crippen molar-refractivity contribution >= 4 is 16.8 Å². The Kier molecular flexibility index (Phi) is 4.19. The van der Waals surface area contributed by atoms with Crippen molar-refractivity contribution in [3.63, 3.8) is 0 Å². The number of carbonyl (C=O) groups excluding carboxylic acids is 1. The lowest BCUT2D eigenvalue weighted by atomic mass is 10.1. The second-order valence-corrected chi connectivity index (χ2v) is 5.96. The molecule has 0 saturated carbocycles. The lowest BCUT2D eigenvalue weighted by molar-refractivity contribution is 0.0951. The molecule has 1 heterocycles. The van der Waals surface area contributed by atoms with Gasteiger partial charge in [0.05, 0.1) is 16.8 Å². The van der Waals surface area contributed by atoms with Crippen molar-refractivity contribution < 1.29 is 9.18 Å². The molecule has 0 aliphatic rings. The van der Waals surface area contributed by atoms with E-state index in [9.17, 15) is 9.18 Å². The first kappa shape index (κ1) is 16.0. The normalized spacial score (nSPS) is 10.8. The molecule has 128 valence electrons. The Labute approximate surface area is 149 Å². The van der Waals surface area contributed by atoms with Crippen molar-refractivity contribution in [3.8, 4) is 5.69 Å². The minimum absolute atomic E-state index is 0.204. The number of para-hydroxylation sites is 1. The first-order chi connectivity index (χ1) is 12.7. The predicted octanol–water partition coefficient (Wildman–Crippen LogP) is 4.09. The van der Waals surface area contributed by atoms with Gasteiger partial charge in [-0.15, -0.1) is 0 Å². The van der Waals surface area contributed by atoms with Gasteiger partial charge in [-0.05, 0) is 35.9 Å². The van der Waals surface area contributed by atoms with Crippen LogP contribution in [0.2, 0.25) is 0 Å². The number of nitrogens with one attached hydrogen (secondary N) is 1. The smallest absolute Gasteiger partial charge is 0.253 e. The van der Waals surface area contributed by atoms with Gasteiger partial charge in [0, 0.05) is 18.1 Å². The van der Waals surface area contributed by atoms with E-state index in [2.05, 4.69) is 10.4 Å². The Hall–Kier alpha value is -3.47. The fourth-order valence-corrected chi connectivity index (χ4v) is 2.83. The van der Waals surface area contributed by atoms with Crippen molar-refractivity contribution in [2.45, 2.75) is 6.54 Å². The van der Waals surface area contributed by atoms with Gasteiger partial charge in [-0.25, -0.2) is 9.07 Å². The average Bonchev–Trinajstić information content (AvgIpc) is 3.11. The zero-order valence-electron chi connectivity index (χ0n) is 13.9. The van der Waals surface area contributed by atoms with Crippen molar-refractivity contribution in [2.24, 2.45) is 0 Å². The number of halogens is 1. The maximum atomic E-state index is 13.0. The Morgan fingerprint density at radius 3 is 2.50 bits per heavy atom. The van der Waals surface area contributed by atoms with Crippen LogP contribution in [0.15, 0.2) is 79.0 Å². The standard InChI is InChI=1S/C21H16FN3O/c22-17-11-9-15(10-12-17)13-23-21(26)18-6-2-4-8-20(18)25-14-16-5-1-3-7-19(16)24-25/h1-12,14H,13H2,(H,23,26). The summed E-state index contributed by atoms with van der Waals surface area (Å²) in [6.07, 6.45) is 1.90. The largest absolute Gasteiger partial charge is 0.348 e. The molecule has 0 radical (unpaired) electrons. The topological polar surface area (TPSA) is 46.9 Å². The van der Waals surface area contributed by atoms with Crippen LogP contribution in [0, 0.1) is 5.82 Å². The van der Waals surface area contributed by atoms with Gasteiger partial charge in [0.2, 0.25) is 0 Å². The van der Waals surface area contributed by atoms with Gasteiger partial charge in [-0.3, -0.25) is 4.79 Å². The third-order valence-corrected chi connectivity index (χ3v) is 4.18. The van der Waals surface area contributed by atoms with E-state index in [4.69, 9.17) is 0 Å². The van der Waals surface area contributed by atoms with Crippen LogP contribution in [0.25, 0.3) is 16.6 Å². The van der Waals surface area contributed by atoms with Gasteiger partial charge in [0.25, 0.3) is 5.91 Å². The monoisotopic (exact) mass is 345 g/mol. The Morgan fingerprint density at radius 2 is 1.69 bits per heavy atom. The maximum absolute atomic E-state index is 13.0. The second kappa shape index (κ2) is 6.80. The van der Waals surface area contributed by atoms with Crippen molar-refractivity contribution in [2.75, 3.05) is 0 Å². The Morgan fingerprint density at radius 1 is 0.962 bits per heavy atom. The molecule has 0 saturated heterocycles. The van der Waals surface area contributed by atoms with Crippen molar-refractivity contribution in [1.82, 2.24) is 15.1 Å². The average molecular weight is 345 g/mol. The van der Waals surface area contributed by atoms with Gasteiger partial charge < -0.3 is 5.32 Å². The highest BCUT2D eigenvalue weighted by Gasteiger charge is 2.13. The summed E-state index contributed by atoms with van der Waals surface area (Å²) in [5, 5.41) is 8.43. The summed E-state index contributed by atoms with van der Waals surface area (Å²) in [7, 11) is 0. The number of nitrogens with zero attached hydrogens (tertiary/aromatic N) is 2. The maximum Gasteiger partial charge on any atom is 0.253 e. The summed E-state index contributed by atoms with van der Waals surface area (Å²) >= 11 is 0. The number of fused-ring (bicyclic) bond motifs is 1. The highest BCUT2D eigenvalue weighted by molar-refractivity contribution is 5.97. The minimum Gasteiger partial charge on any atom is -0.348 e. The van der Waals surface area contributed by atoms with Gasteiger partial charge in [0.15, 0.2) is 0 Å². The molecule has 0 atom stereocenters. The van der Waals surface area contributed by atoms with Crippen LogP contribution in [-0.4, -0.2) is 15.7 Å². The van der Waals surface area contributed by atoms with E-state index >= 15 is 0 Å². The molecule has 0 unspecified atom stereocenters. The number of benzene rings is 3. The molecule has 4 aromatic rings. The molecule has 4 nitrogen and oxygen atoms in total. The van der Waals surface area contributed by atoms with E-state index in [1.54, 1.807) is 22.9 Å². The van der Waals surface area contributed by atoms with Gasteiger partial charge in [0.1, 0.15) is 5.82 Å². The molecule has 0 fully saturated rings. The van der Waals surface area contributed by atoms with Crippen LogP contribution in [-0.2, 0) is 6.54 Å². The van der Waals surface area contributed by atoms with E-state index in [0.29, 0.717) is 17.8 Å².